The van der Waals surface area contributed by atoms with Crippen molar-refractivity contribution in [2.45, 2.75) is 13.0 Å². The normalized spacial score (nSPS) is 12.6. The van der Waals surface area contributed by atoms with Gasteiger partial charge in [0.05, 0.1) is 5.69 Å². The van der Waals surface area contributed by atoms with Crippen LogP contribution in [0.1, 0.15) is 11.1 Å². The Morgan fingerprint density at radius 1 is 1.06 bits per heavy atom. The third-order valence-corrected chi connectivity index (χ3v) is 5.69. The van der Waals surface area contributed by atoms with Crippen LogP contribution in [0.25, 0.3) is 16.9 Å². The molecule has 2 amide bonds. The first-order chi connectivity index (χ1) is 15.6. The zero-order valence-corrected chi connectivity index (χ0v) is 17.8. The molecule has 3 heterocycles. The molecule has 2 N–H and O–H groups in total. The molecule has 32 heavy (non-hydrogen) atoms. The molecule has 7 nitrogen and oxygen atoms in total. The first-order valence-electron chi connectivity index (χ1n) is 10.2. The molecule has 2 aromatic heterocycles. The van der Waals surface area contributed by atoms with Crippen LogP contribution in [0.4, 0.5) is 10.6 Å². The maximum absolute atomic E-state index is 13.1. The quantitative estimate of drug-likeness (QED) is 0.484. The topological polar surface area (TPSA) is 83.3 Å². The predicted octanol–water partition coefficient (Wildman–Crippen LogP) is 4.57. The fourth-order valence-electron chi connectivity index (χ4n) is 3.84. The minimum absolute atomic E-state index is 0.0735. The van der Waals surface area contributed by atoms with Crippen molar-refractivity contribution in [3.63, 3.8) is 0 Å². The van der Waals surface area contributed by atoms with E-state index >= 15 is 0 Å². The summed E-state index contributed by atoms with van der Waals surface area (Å²) in [7, 11) is 0. The van der Waals surface area contributed by atoms with Gasteiger partial charge < -0.3 is 10.4 Å². The first kappa shape index (κ1) is 20.1. The van der Waals surface area contributed by atoms with Crippen molar-refractivity contribution in [1.29, 1.82) is 0 Å². The van der Waals surface area contributed by atoms with Crippen LogP contribution in [-0.4, -0.2) is 32.4 Å². The van der Waals surface area contributed by atoms with E-state index in [1.54, 1.807) is 29.3 Å². The van der Waals surface area contributed by atoms with Crippen molar-refractivity contribution in [1.82, 2.24) is 20.1 Å². The van der Waals surface area contributed by atoms with Gasteiger partial charge in [-0.25, -0.2) is 14.5 Å². The third-order valence-electron chi connectivity index (χ3n) is 5.44. The molecule has 0 atom stereocenters. The number of carbonyl (C=O) groups excluding carboxylic acids is 1. The number of amides is 2. The van der Waals surface area contributed by atoms with Crippen molar-refractivity contribution >= 4 is 23.4 Å². The predicted molar refractivity (Wildman–Crippen MR) is 123 cm³/mol. The van der Waals surface area contributed by atoms with Crippen molar-refractivity contribution in [2.24, 2.45) is 0 Å². The van der Waals surface area contributed by atoms with Gasteiger partial charge in [0.15, 0.2) is 0 Å². The van der Waals surface area contributed by atoms with Crippen LogP contribution in [0.15, 0.2) is 72.9 Å². The number of urea groups is 1. The highest BCUT2D eigenvalue weighted by molar-refractivity contribution is 6.30. The lowest BCUT2D eigenvalue weighted by atomic mass is 10.1. The Morgan fingerprint density at radius 2 is 1.84 bits per heavy atom. The van der Waals surface area contributed by atoms with E-state index in [1.807, 2.05) is 48.5 Å². The minimum atomic E-state index is -0.263. The SMILES string of the molecule is O=C(NCc1ccc(Cl)cc1)N1CCc2c(nn(-c3ccccc3)c2O)-c2cccnc21. The highest BCUT2D eigenvalue weighted by Gasteiger charge is 2.30. The number of hydrogen-bond donors (Lipinski definition) is 2. The summed E-state index contributed by atoms with van der Waals surface area (Å²) in [5, 5.41) is 19.2. The molecule has 0 saturated carbocycles. The van der Waals surface area contributed by atoms with Crippen molar-refractivity contribution in [3.05, 3.63) is 89.1 Å². The van der Waals surface area contributed by atoms with E-state index in [-0.39, 0.29) is 11.9 Å². The number of carbonyl (C=O) groups is 1. The number of rotatable bonds is 3. The summed E-state index contributed by atoms with van der Waals surface area (Å²) in [6, 6.07) is 20.2. The Kier molecular flexibility index (Phi) is 5.25. The molecule has 0 aliphatic carbocycles. The van der Waals surface area contributed by atoms with Gasteiger partial charge in [-0.3, -0.25) is 4.90 Å². The molecule has 1 aliphatic heterocycles. The second-order valence-electron chi connectivity index (χ2n) is 7.46. The molecule has 0 unspecified atom stereocenters. The number of aromatic hydroxyl groups is 1. The van der Waals surface area contributed by atoms with E-state index in [1.165, 1.54) is 4.68 Å². The number of nitrogens with one attached hydrogen (secondary N) is 1. The molecule has 160 valence electrons. The number of aromatic nitrogens is 3. The summed E-state index contributed by atoms with van der Waals surface area (Å²) in [6.45, 7) is 0.725. The van der Waals surface area contributed by atoms with Gasteiger partial charge in [-0.2, -0.15) is 5.10 Å². The molecule has 0 bridgehead atoms. The van der Waals surface area contributed by atoms with Gasteiger partial charge in [0.2, 0.25) is 5.88 Å². The molecule has 0 saturated heterocycles. The summed E-state index contributed by atoms with van der Waals surface area (Å²) in [5.41, 5.74) is 3.73. The number of nitrogens with zero attached hydrogens (tertiary/aromatic N) is 4. The third kappa shape index (κ3) is 3.67. The fourth-order valence-corrected chi connectivity index (χ4v) is 3.96. The van der Waals surface area contributed by atoms with Crippen LogP contribution in [0.5, 0.6) is 5.88 Å². The average Bonchev–Trinajstić information content (AvgIpc) is 3.06. The lowest BCUT2D eigenvalue weighted by Gasteiger charge is -2.22. The molecule has 0 spiro atoms. The molecule has 0 radical (unpaired) electrons. The smallest absolute Gasteiger partial charge is 0.323 e. The van der Waals surface area contributed by atoms with Crippen LogP contribution in [0, 0.1) is 0 Å². The van der Waals surface area contributed by atoms with Gasteiger partial charge >= 0.3 is 6.03 Å². The van der Waals surface area contributed by atoms with Gasteiger partial charge in [-0.15, -0.1) is 0 Å². The van der Waals surface area contributed by atoms with Gasteiger partial charge in [-0.1, -0.05) is 41.9 Å². The molecular formula is C24H20ClN5O2. The maximum Gasteiger partial charge on any atom is 0.323 e. The van der Waals surface area contributed by atoms with Crippen LogP contribution in [0.2, 0.25) is 5.02 Å². The standard InChI is InChI=1S/C24H20ClN5O2/c25-17-10-8-16(9-11-17)15-27-24(32)29-14-12-20-21(19-7-4-13-26-22(19)29)28-30(23(20)31)18-5-2-1-3-6-18/h1-11,13,31H,12,14-15H2,(H,27,32). The van der Waals surface area contributed by atoms with Gasteiger partial charge in [0, 0.05) is 35.4 Å². The number of benzene rings is 2. The molecule has 2 aromatic carbocycles. The second-order valence-corrected chi connectivity index (χ2v) is 7.90. The molecule has 5 rings (SSSR count). The fraction of sp³-hybridized carbons (Fsp3) is 0.125. The Morgan fingerprint density at radius 3 is 2.62 bits per heavy atom. The molecular weight excluding hydrogens is 426 g/mol. The average molecular weight is 446 g/mol. The number of anilines is 1. The number of para-hydroxylation sites is 1. The Labute approximate surface area is 189 Å². The van der Waals surface area contributed by atoms with E-state index in [0.717, 1.165) is 11.3 Å². The number of fused-ring (bicyclic) bond motifs is 3. The van der Waals surface area contributed by atoms with Crippen LogP contribution < -0.4 is 10.2 Å². The lowest BCUT2D eigenvalue weighted by molar-refractivity contribution is 0.246. The minimum Gasteiger partial charge on any atom is -0.493 e. The zero-order valence-electron chi connectivity index (χ0n) is 17.1. The highest BCUT2D eigenvalue weighted by atomic mass is 35.5. The molecule has 1 aliphatic rings. The van der Waals surface area contributed by atoms with Gasteiger partial charge in [0.25, 0.3) is 0 Å². The summed E-state index contributed by atoms with van der Waals surface area (Å²) in [6.07, 6.45) is 2.09. The maximum atomic E-state index is 13.1. The number of halogens is 1. The van der Waals surface area contributed by atoms with Gasteiger partial charge in [0.1, 0.15) is 11.5 Å². The summed E-state index contributed by atoms with van der Waals surface area (Å²) in [4.78, 5) is 19.1. The largest absolute Gasteiger partial charge is 0.493 e. The van der Waals surface area contributed by atoms with Crippen molar-refractivity contribution < 1.29 is 9.90 Å². The van der Waals surface area contributed by atoms with E-state index in [9.17, 15) is 9.90 Å². The summed E-state index contributed by atoms with van der Waals surface area (Å²) < 4.78 is 1.53. The van der Waals surface area contributed by atoms with Crippen LogP contribution in [-0.2, 0) is 13.0 Å². The Balaban J connectivity index is 1.46. The first-order valence-corrected chi connectivity index (χ1v) is 10.6. The molecule has 0 fully saturated rings. The van der Waals surface area contributed by atoms with Gasteiger partial charge in [-0.05, 0) is 48.4 Å². The Bertz CT molecular complexity index is 1270. The number of pyridine rings is 1. The van der Waals surface area contributed by atoms with Crippen LogP contribution in [0.3, 0.4) is 0 Å². The molecule has 4 aromatic rings. The zero-order chi connectivity index (χ0) is 22.1. The van der Waals surface area contributed by atoms with E-state index in [4.69, 9.17) is 11.6 Å². The second kappa shape index (κ2) is 8.36. The van der Waals surface area contributed by atoms with Crippen LogP contribution >= 0.6 is 11.6 Å². The van der Waals surface area contributed by atoms with E-state index in [0.29, 0.717) is 47.2 Å². The number of hydrogen-bond acceptors (Lipinski definition) is 4. The Hall–Kier alpha value is -3.84. The van der Waals surface area contributed by atoms with Crippen molar-refractivity contribution in [2.75, 3.05) is 11.4 Å². The highest BCUT2D eigenvalue weighted by Crippen LogP contribution is 2.38. The summed E-state index contributed by atoms with van der Waals surface area (Å²) >= 11 is 5.93. The van der Waals surface area contributed by atoms with Crippen molar-refractivity contribution in [3.8, 4) is 22.8 Å². The monoisotopic (exact) mass is 445 g/mol. The summed E-state index contributed by atoms with van der Waals surface area (Å²) in [5.74, 6) is 0.585. The van der Waals surface area contributed by atoms with E-state index in [2.05, 4.69) is 15.4 Å². The lowest BCUT2D eigenvalue weighted by Crippen LogP contribution is -2.41. The molecule has 8 heteroatoms. The van der Waals surface area contributed by atoms with E-state index < -0.39 is 0 Å².